The Morgan fingerprint density at radius 3 is 1.58 bits per heavy atom. The molecule has 0 heterocycles. The van der Waals surface area contributed by atoms with E-state index >= 15 is 0 Å². The molecule has 0 aromatic carbocycles. The van der Waals surface area contributed by atoms with Gasteiger partial charge in [0.05, 0.1) is 25.9 Å². The first-order valence-corrected chi connectivity index (χ1v) is 24.4. The third-order valence-electron chi connectivity index (χ3n) is 8.35. The molecule has 0 aliphatic carbocycles. The molecule has 1 unspecified atom stereocenters. The summed E-state index contributed by atoms with van der Waals surface area (Å²) in [5.74, 6) is -1.29. The number of carbonyl (C=O) groups is 2. The molecule has 16 heteroatoms. The van der Waals surface area contributed by atoms with Gasteiger partial charge in [-0.25, -0.2) is 9.13 Å². The SMILES string of the molecule is CCCCC/C=C\C/C=C\C/C=C\C=C\[C@@H](O)CCCC(=O)OC[C@H](COP(=O)(O)OC[C@@H](O)COP(=O)(O)O)OC(=O)CCCC/C=C\C/C=C\C/C=C\CCCCC. The molecule has 344 valence electrons. The normalized spacial score (nSPS) is 15.4. The molecule has 0 saturated heterocycles. The van der Waals surface area contributed by atoms with Crippen molar-refractivity contribution >= 4 is 27.6 Å². The lowest BCUT2D eigenvalue weighted by molar-refractivity contribution is -0.161. The fourth-order valence-electron chi connectivity index (χ4n) is 5.04. The van der Waals surface area contributed by atoms with Gasteiger partial charge in [-0.3, -0.25) is 23.2 Å². The lowest BCUT2D eigenvalue weighted by atomic mass is 10.1. The number of hydrogen-bond donors (Lipinski definition) is 5. The lowest BCUT2D eigenvalue weighted by Gasteiger charge is -2.20. The topological polar surface area (TPSA) is 216 Å². The molecule has 0 aromatic rings. The van der Waals surface area contributed by atoms with Crippen molar-refractivity contribution in [3.8, 4) is 0 Å². The molecule has 0 bridgehead atoms. The first-order chi connectivity index (χ1) is 28.8. The van der Waals surface area contributed by atoms with Gasteiger partial charge in [-0.2, -0.15) is 0 Å². The summed E-state index contributed by atoms with van der Waals surface area (Å²) in [4.78, 5) is 52.6. The van der Waals surface area contributed by atoms with Gasteiger partial charge >= 0.3 is 27.6 Å². The van der Waals surface area contributed by atoms with Gasteiger partial charge in [0, 0.05) is 12.8 Å². The highest BCUT2D eigenvalue weighted by Crippen LogP contribution is 2.43. The maximum atomic E-state index is 12.6. The van der Waals surface area contributed by atoms with E-state index in [1.807, 2.05) is 18.2 Å². The summed E-state index contributed by atoms with van der Waals surface area (Å²) < 4.78 is 47.5. The highest BCUT2D eigenvalue weighted by molar-refractivity contribution is 7.47. The summed E-state index contributed by atoms with van der Waals surface area (Å²) in [6.07, 6.45) is 40.4. The van der Waals surface area contributed by atoms with E-state index in [0.717, 1.165) is 44.9 Å². The largest absolute Gasteiger partial charge is 0.472 e. The highest BCUT2D eigenvalue weighted by atomic mass is 31.2. The second-order valence-electron chi connectivity index (χ2n) is 14.1. The Morgan fingerprint density at radius 2 is 1.03 bits per heavy atom. The predicted octanol–water partition coefficient (Wildman–Crippen LogP) is 9.75. The number of aliphatic hydroxyl groups is 2. The van der Waals surface area contributed by atoms with E-state index in [4.69, 9.17) is 23.8 Å². The smallest absolute Gasteiger partial charge is 0.462 e. The standard InChI is InChI=1S/C44H74O14P2/c1-3-5-7-9-11-13-15-17-18-20-22-24-26-28-30-34-44(48)58-42(39-57-60(52,53)56-37-41(46)36-55-59(49,50)51)38-54-43(47)35-31-33-40(45)32-29-27-25-23-21-19-16-14-12-10-8-6-4-2/h11-14,17-19,21-22,24-25,27,29,32,40-42,45-46H,3-10,15-16,20,23,26,28,30-31,33-39H2,1-2H3,(H,52,53)(H2,49,50,51)/b13-11-,14-12-,18-17-,21-19-,24-22-,27-25-,32-29+/t40-,41+,42-/m1/s1. The van der Waals surface area contributed by atoms with Crippen LogP contribution in [0, 0.1) is 0 Å². The summed E-state index contributed by atoms with van der Waals surface area (Å²) in [5, 5.41) is 20.0. The maximum Gasteiger partial charge on any atom is 0.472 e. The van der Waals surface area contributed by atoms with Gasteiger partial charge in [0.1, 0.15) is 12.7 Å². The molecule has 60 heavy (non-hydrogen) atoms. The second kappa shape index (κ2) is 39.1. The van der Waals surface area contributed by atoms with E-state index in [9.17, 15) is 33.8 Å². The Balaban J connectivity index is 4.80. The van der Waals surface area contributed by atoms with E-state index in [0.29, 0.717) is 25.7 Å². The van der Waals surface area contributed by atoms with Crippen LogP contribution in [0.4, 0.5) is 0 Å². The molecule has 0 spiro atoms. The maximum absolute atomic E-state index is 12.6. The zero-order valence-electron chi connectivity index (χ0n) is 35.9. The molecule has 0 amide bonds. The van der Waals surface area contributed by atoms with Gasteiger partial charge in [-0.1, -0.05) is 125 Å². The number of carbonyl (C=O) groups excluding carboxylic acids is 2. The van der Waals surface area contributed by atoms with Crippen LogP contribution in [0.25, 0.3) is 0 Å². The van der Waals surface area contributed by atoms with Gasteiger partial charge in [-0.05, 0) is 83.5 Å². The Morgan fingerprint density at radius 1 is 0.550 bits per heavy atom. The number of aliphatic hydroxyl groups excluding tert-OH is 2. The van der Waals surface area contributed by atoms with E-state index < -0.39 is 72.3 Å². The van der Waals surface area contributed by atoms with Gasteiger partial charge in [0.25, 0.3) is 0 Å². The van der Waals surface area contributed by atoms with Crippen LogP contribution in [0.5, 0.6) is 0 Å². The van der Waals surface area contributed by atoms with Crippen LogP contribution in [0.1, 0.15) is 136 Å². The Kier molecular flexibility index (Phi) is 37.3. The number of esters is 2. The summed E-state index contributed by atoms with van der Waals surface area (Å²) in [5.41, 5.74) is 0. The molecular formula is C44H74O14P2. The highest BCUT2D eigenvalue weighted by Gasteiger charge is 2.28. The summed E-state index contributed by atoms with van der Waals surface area (Å²) in [7, 11) is -9.76. The third kappa shape index (κ3) is 42.0. The van der Waals surface area contributed by atoms with Gasteiger partial charge in [-0.15, -0.1) is 0 Å². The minimum atomic E-state index is -4.89. The average molecular weight is 889 g/mol. The molecule has 5 N–H and O–H groups in total. The minimum Gasteiger partial charge on any atom is -0.462 e. The Bertz CT molecular complexity index is 1400. The number of ether oxygens (including phenoxy) is 2. The van der Waals surface area contributed by atoms with Crippen molar-refractivity contribution in [2.24, 2.45) is 0 Å². The molecule has 0 fully saturated rings. The van der Waals surface area contributed by atoms with Crippen molar-refractivity contribution in [2.75, 3.05) is 26.4 Å². The van der Waals surface area contributed by atoms with Crippen molar-refractivity contribution < 1.29 is 66.7 Å². The summed E-state index contributed by atoms with van der Waals surface area (Å²) in [6, 6.07) is 0. The monoisotopic (exact) mass is 888 g/mol. The van der Waals surface area contributed by atoms with Crippen LogP contribution in [0.3, 0.4) is 0 Å². The molecule has 0 aliphatic rings. The van der Waals surface area contributed by atoms with Gasteiger partial charge < -0.3 is 34.4 Å². The third-order valence-corrected chi connectivity index (χ3v) is 9.79. The number of phosphoric ester groups is 2. The molecule has 0 aromatic heterocycles. The predicted molar refractivity (Wildman–Crippen MR) is 236 cm³/mol. The summed E-state index contributed by atoms with van der Waals surface area (Å²) in [6.45, 7) is 1.42. The number of rotatable bonds is 39. The number of allylic oxidation sites excluding steroid dienone is 13. The van der Waals surface area contributed by atoms with Crippen molar-refractivity contribution in [1.29, 1.82) is 0 Å². The van der Waals surface area contributed by atoms with Crippen molar-refractivity contribution in [1.82, 2.24) is 0 Å². The molecule has 0 aliphatic heterocycles. The molecule has 4 atom stereocenters. The minimum absolute atomic E-state index is 0.0377. The van der Waals surface area contributed by atoms with E-state index in [1.54, 1.807) is 12.2 Å². The van der Waals surface area contributed by atoms with Gasteiger partial charge in [0.2, 0.25) is 0 Å². The zero-order chi connectivity index (χ0) is 44.6. The quantitative estimate of drug-likeness (QED) is 0.0128. The van der Waals surface area contributed by atoms with Crippen molar-refractivity contribution in [3.63, 3.8) is 0 Å². The van der Waals surface area contributed by atoms with Crippen molar-refractivity contribution in [3.05, 3.63) is 85.1 Å². The number of phosphoric acid groups is 2. The van der Waals surface area contributed by atoms with E-state index in [2.05, 4.69) is 77.6 Å². The fourth-order valence-corrected chi connectivity index (χ4v) is 6.20. The average Bonchev–Trinajstić information content (AvgIpc) is 3.20. The first kappa shape index (κ1) is 57.3. The van der Waals surface area contributed by atoms with E-state index in [-0.39, 0.29) is 12.8 Å². The molecule has 14 nitrogen and oxygen atoms in total. The zero-order valence-corrected chi connectivity index (χ0v) is 37.7. The lowest BCUT2D eigenvalue weighted by Crippen LogP contribution is -2.30. The van der Waals surface area contributed by atoms with Crippen LogP contribution < -0.4 is 0 Å². The van der Waals surface area contributed by atoms with Crippen LogP contribution in [0.2, 0.25) is 0 Å². The Labute approximate surface area is 359 Å². The van der Waals surface area contributed by atoms with Crippen LogP contribution in [-0.2, 0) is 41.8 Å². The fraction of sp³-hybridized carbons (Fsp3) is 0.636. The molecule has 0 saturated carbocycles. The van der Waals surface area contributed by atoms with Crippen LogP contribution in [0.15, 0.2) is 85.1 Å². The Hall–Kier alpha value is -2.74. The second-order valence-corrected chi connectivity index (χ2v) is 16.8. The number of hydrogen-bond acceptors (Lipinski definition) is 11. The van der Waals surface area contributed by atoms with E-state index in [1.165, 1.54) is 38.5 Å². The number of unbranched alkanes of at least 4 members (excludes halogenated alkanes) is 8. The first-order valence-electron chi connectivity index (χ1n) is 21.4. The molecular weight excluding hydrogens is 814 g/mol. The van der Waals surface area contributed by atoms with Crippen LogP contribution >= 0.6 is 15.6 Å². The van der Waals surface area contributed by atoms with Gasteiger partial charge in [0.15, 0.2) is 6.10 Å². The summed E-state index contributed by atoms with van der Waals surface area (Å²) >= 11 is 0. The molecule has 0 radical (unpaired) electrons. The van der Waals surface area contributed by atoms with Crippen molar-refractivity contribution in [2.45, 2.75) is 154 Å². The molecule has 0 rings (SSSR count). The van der Waals surface area contributed by atoms with Crippen LogP contribution in [-0.4, -0.2) is 81.6 Å².